The zero-order valence-electron chi connectivity index (χ0n) is 16.5. The fraction of sp³-hybridized carbons (Fsp3) is 0.333. The first-order valence-electron chi connectivity index (χ1n) is 9.12. The second kappa shape index (κ2) is 8.92. The highest BCUT2D eigenvalue weighted by atomic mass is 79.9. The Morgan fingerprint density at radius 2 is 2.07 bits per heavy atom. The van der Waals surface area contributed by atoms with Crippen molar-refractivity contribution in [2.24, 2.45) is 0 Å². The van der Waals surface area contributed by atoms with Crippen LogP contribution in [-0.4, -0.2) is 27.6 Å². The molecule has 7 heteroatoms. The molecular formula is C21H24BrN3O2S. The van der Waals surface area contributed by atoms with E-state index in [-0.39, 0.29) is 5.91 Å². The van der Waals surface area contributed by atoms with Crippen molar-refractivity contribution < 1.29 is 9.53 Å². The van der Waals surface area contributed by atoms with E-state index < -0.39 is 0 Å². The van der Waals surface area contributed by atoms with Crippen LogP contribution in [0.1, 0.15) is 39.0 Å². The maximum Gasteiger partial charge on any atom is 0.264 e. The van der Waals surface area contributed by atoms with Crippen LogP contribution in [0.15, 0.2) is 40.3 Å². The Morgan fingerprint density at radius 1 is 1.29 bits per heavy atom. The Balaban J connectivity index is 1.61. The average molecular weight is 462 g/mol. The van der Waals surface area contributed by atoms with Crippen LogP contribution < -0.4 is 4.74 Å². The van der Waals surface area contributed by atoms with Gasteiger partial charge in [-0.2, -0.15) is 5.10 Å². The number of hydrogen-bond acceptors (Lipinski definition) is 4. The molecule has 148 valence electrons. The fourth-order valence-electron chi connectivity index (χ4n) is 2.72. The third kappa shape index (κ3) is 4.83. The number of benzene rings is 1. The summed E-state index contributed by atoms with van der Waals surface area (Å²) in [5.74, 6) is 0.830. The number of halogens is 1. The largest absolute Gasteiger partial charge is 0.489 e. The van der Waals surface area contributed by atoms with E-state index in [9.17, 15) is 4.79 Å². The summed E-state index contributed by atoms with van der Waals surface area (Å²) in [6, 6.07) is 7.97. The fourth-order valence-corrected chi connectivity index (χ4v) is 4.06. The van der Waals surface area contributed by atoms with Gasteiger partial charge in [0.1, 0.15) is 12.4 Å². The molecule has 0 atom stereocenters. The molecule has 0 radical (unpaired) electrons. The van der Waals surface area contributed by atoms with Crippen LogP contribution in [-0.2, 0) is 19.7 Å². The lowest BCUT2D eigenvalue weighted by atomic mass is 10.1. The number of aromatic nitrogens is 2. The van der Waals surface area contributed by atoms with Crippen molar-refractivity contribution >= 4 is 33.2 Å². The number of hydrogen-bond donors (Lipinski definition) is 0. The number of carbonyl (C=O) groups is 1. The SMILES string of the molecule is CCn1cc(Br)c(CN(C)C(=O)c2cc(COc3ccc(C)c(C)c3)cs2)n1. The molecule has 1 amide bonds. The second-order valence-corrected chi connectivity index (χ2v) is 8.56. The van der Waals surface area contributed by atoms with E-state index in [1.807, 2.05) is 41.4 Å². The van der Waals surface area contributed by atoms with Gasteiger partial charge in [0, 0.05) is 25.4 Å². The van der Waals surface area contributed by atoms with Gasteiger partial charge in [0.25, 0.3) is 5.91 Å². The van der Waals surface area contributed by atoms with Crippen LogP contribution in [0.25, 0.3) is 0 Å². The van der Waals surface area contributed by atoms with Gasteiger partial charge in [-0.15, -0.1) is 11.3 Å². The van der Waals surface area contributed by atoms with Gasteiger partial charge in [-0.3, -0.25) is 9.48 Å². The van der Waals surface area contributed by atoms with E-state index in [2.05, 4.69) is 40.9 Å². The standard InChI is InChI=1S/C21H24BrN3O2S/c1-5-25-10-18(22)19(23-25)11-24(4)21(26)20-9-16(13-28-20)12-27-17-7-6-14(2)15(3)8-17/h6-10,13H,5,11-12H2,1-4H3. The molecule has 2 aromatic heterocycles. The maximum atomic E-state index is 12.8. The zero-order chi connectivity index (χ0) is 20.3. The first-order valence-corrected chi connectivity index (χ1v) is 10.8. The Bertz CT molecular complexity index is 980. The van der Waals surface area contributed by atoms with Gasteiger partial charge < -0.3 is 9.64 Å². The van der Waals surface area contributed by atoms with Crippen LogP contribution in [0.3, 0.4) is 0 Å². The zero-order valence-corrected chi connectivity index (χ0v) is 18.9. The monoisotopic (exact) mass is 461 g/mol. The predicted molar refractivity (Wildman–Crippen MR) is 116 cm³/mol. The molecule has 0 unspecified atom stereocenters. The Hall–Kier alpha value is -2.12. The number of rotatable bonds is 7. The van der Waals surface area contributed by atoms with E-state index in [1.54, 1.807) is 11.9 Å². The van der Waals surface area contributed by atoms with E-state index >= 15 is 0 Å². The highest BCUT2D eigenvalue weighted by molar-refractivity contribution is 9.10. The molecule has 0 aliphatic heterocycles. The highest BCUT2D eigenvalue weighted by Gasteiger charge is 2.17. The number of ether oxygens (including phenoxy) is 1. The molecule has 0 bridgehead atoms. The number of amides is 1. The molecule has 0 aliphatic carbocycles. The van der Waals surface area contributed by atoms with Gasteiger partial charge in [-0.1, -0.05) is 6.07 Å². The van der Waals surface area contributed by atoms with Crippen LogP contribution in [0.4, 0.5) is 0 Å². The van der Waals surface area contributed by atoms with Crippen molar-refractivity contribution in [3.63, 3.8) is 0 Å². The van der Waals surface area contributed by atoms with Crippen molar-refractivity contribution in [2.75, 3.05) is 7.05 Å². The van der Waals surface area contributed by atoms with Gasteiger partial charge in [0.2, 0.25) is 0 Å². The molecule has 0 spiro atoms. The summed E-state index contributed by atoms with van der Waals surface area (Å²) >= 11 is 4.96. The first-order chi connectivity index (χ1) is 13.4. The topological polar surface area (TPSA) is 47.4 Å². The quantitative estimate of drug-likeness (QED) is 0.485. The normalized spacial score (nSPS) is 10.9. The predicted octanol–water partition coefficient (Wildman–Crippen LogP) is 5.20. The second-order valence-electron chi connectivity index (χ2n) is 6.79. The Morgan fingerprint density at radius 3 is 2.75 bits per heavy atom. The third-order valence-corrected chi connectivity index (χ3v) is 6.22. The maximum absolute atomic E-state index is 12.8. The molecule has 1 aromatic carbocycles. The van der Waals surface area contributed by atoms with Gasteiger partial charge in [0.15, 0.2) is 0 Å². The van der Waals surface area contributed by atoms with E-state index in [0.717, 1.165) is 28.0 Å². The minimum absolute atomic E-state index is 0.0135. The van der Waals surface area contributed by atoms with Gasteiger partial charge in [-0.25, -0.2) is 0 Å². The molecule has 0 aliphatic rings. The van der Waals surface area contributed by atoms with Crippen molar-refractivity contribution in [1.82, 2.24) is 14.7 Å². The summed E-state index contributed by atoms with van der Waals surface area (Å²) in [7, 11) is 1.80. The highest BCUT2D eigenvalue weighted by Crippen LogP contribution is 2.22. The molecule has 0 saturated carbocycles. The van der Waals surface area contributed by atoms with Crippen molar-refractivity contribution in [3.05, 3.63) is 67.6 Å². The minimum Gasteiger partial charge on any atom is -0.489 e. The summed E-state index contributed by atoms with van der Waals surface area (Å²) in [4.78, 5) is 15.1. The van der Waals surface area contributed by atoms with E-state index in [1.165, 1.54) is 22.5 Å². The Kier molecular flexibility index (Phi) is 6.57. The average Bonchev–Trinajstić information content (AvgIpc) is 3.29. The minimum atomic E-state index is -0.0135. The molecule has 3 aromatic rings. The lowest BCUT2D eigenvalue weighted by Crippen LogP contribution is -2.25. The Labute approximate surface area is 178 Å². The van der Waals surface area contributed by atoms with Crippen molar-refractivity contribution in [3.8, 4) is 5.75 Å². The van der Waals surface area contributed by atoms with Gasteiger partial charge in [-0.05, 0) is 71.4 Å². The lowest BCUT2D eigenvalue weighted by Gasteiger charge is -2.15. The summed E-state index contributed by atoms with van der Waals surface area (Å²) in [6.45, 7) is 7.89. The van der Waals surface area contributed by atoms with Crippen molar-refractivity contribution in [1.29, 1.82) is 0 Å². The number of nitrogens with zero attached hydrogens (tertiary/aromatic N) is 3. The first kappa shape index (κ1) is 20.6. The van der Waals surface area contributed by atoms with Crippen LogP contribution >= 0.6 is 27.3 Å². The molecule has 0 N–H and O–H groups in total. The molecular weight excluding hydrogens is 438 g/mol. The van der Waals surface area contributed by atoms with Crippen LogP contribution in [0, 0.1) is 13.8 Å². The third-order valence-electron chi connectivity index (χ3n) is 4.59. The molecule has 5 nitrogen and oxygen atoms in total. The molecule has 28 heavy (non-hydrogen) atoms. The summed E-state index contributed by atoms with van der Waals surface area (Å²) in [6.07, 6.45) is 1.93. The summed E-state index contributed by atoms with van der Waals surface area (Å²) in [5, 5.41) is 6.46. The van der Waals surface area contributed by atoms with Gasteiger partial charge in [0.05, 0.1) is 21.6 Å². The van der Waals surface area contributed by atoms with E-state index in [4.69, 9.17) is 4.74 Å². The molecule has 3 rings (SSSR count). The van der Waals surface area contributed by atoms with E-state index in [0.29, 0.717) is 18.0 Å². The lowest BCUT2D eigenvalue weighted by molar-refractivity contribution is 0.0787. The molecule has 0 fully saturated rings. The molecule has 2 heterocycles. The summed E-state index contributed by atoms with van der Waals surface area (Å²) < 4.78 is 8.64. The number of thiophene rings is 1. The summed E-state index contributed by atoms with van der Waals surface area (Å²) in [5.41, 5.74) is 4.30. The van der Waals surface area contributed by atoms with Crippen LogP contribution in [0.2, 0.25) is 0 Å². The molecule has 0 saturated heterocycles. The van der Waals surface area contributed by atoms with Crippen molar-refractivity contribution in [2.45, 2.75) is 40.5 Å². The van der Waals surface area contributed by atoms with Crippen LogP contribution in [0.5, 0.6) is 5.75 Å². The van der Waals surface area contributed by atoms with Gasteiger partial charge >= 0.3 is 0 Å². The smallest absolute Gasteiger partial charge is 0.264 e. The number of carbonyl (C=O) groups excluding carboxylic acids is 1. The number of aryl methyl sites for hydroxylation is 3.